The molecule has 1 atom stereocenters. The molecule has 2 rings (SSSR count). The zero-order valence-electron chi connectivity index (χ0n) is 18.2. The topological polar surface area (TPSA) is 120 Å². The van der Waals surface area contributed by atoms with E-state index >= 15 is 0 Å². The van der Waals surface area contributed by atoms with Crippen molar-refractivity contribution >= 4 is 16.8 Å². The molecule has 0 saturated carbocycles. The van der Waals surface area contributed by atoms with Crippen molar-refractivity contribution in [1.82, 2.24) is 14.9 Å². The third kappa shape index (κ3) is 3.87. The average Bonchev–Trinajstić information content (AvgIpc) is 2.64. The summed E-state index contributed by atoms with van der Waals surface area (Å²) in [6.07, 6.45) is 0. The number of rotatable bonds is 8. The van der Waals surface area contributed by atoms with E-state index in [0.29, 0.717) is 5.82 Å². The number of hydrogen-bond donors (Lipinski definition) is 2. The predicted molar refractivity (Wildman–Crippen MR) is 111 cm³/mol. The van der Waals surface area contributed by atoms with Gasteiger partial charge in [0, 0.05) is 12.1 Å². The van der Waals surface area contributed by atoms with E-state index in [4.69, 9.17) is 19.9 Å². The first-order chi connectivity index (χ1) is 13.6. The number of carbonyl (C=O) groups excluding carboxylic acids is 1. The summed E-state index contributed by atoms with van der Waals surface area (Å²) in [6, 6.07) is 0.251. The molecule has 1 amide bonds. The molecule has 0 aliphatic heterocycles. The second-order valence-electron chi connectivity index (χ2n) is 7.32. The summed E-state index contributed by atoms with van der Waals surface area (Å²) in [4.78, 5) is 34.9. The Morgan fingerprint density at radius 2 is 1.48 bits per heavy atom. The summed E-state index contributed by atoms with van der Waals surface area (Å²) < 4.78 is 16.2. The first-order valence-electron chi connectivity index (χ1n) is 9.43. The number of H-pyrrole nitrogens is 1. The highest BCUT2D eigenvalue weighted by Crippen LogP contribution is 2.45. The summed E-state index contributed by atoms with van der Waals surface area (Å²) in [5.41, 5.74) is 5.15. The Hall–Kier alpha value is -2.81. The van der Waals surface area contributed by atoms with Gasteiger partial charge in [-0.2, -0.15) is 0 Å². The predicted octanol–water partition coefficient (Wildman–Crippen LogP) is 2.23. The molecule has 160 valence electrons. The largest absolute Gasteiger partial charge is 0.492 e. The molecule has 0 fully saturated rings. The Morgan fingerprint density at radius 1 is 0.966 bits per heavy atom. The van der Waals surface area contributed by atoms with Gasteiger partial charge < -0.3 is 24.9 Å². The summed E-state index contributed by atoms with van der Waals surface area (Å²) in [5, 5.41) is 0.00333. The Bertz CT molecular complexity index is 960. The van der Waals surface area contributed by atoms with E-state index in [-0.39, 0.29) is 51.8 Å². The summed E-state index contributed by atoms with van der Waals surface area (Å²) in [6.45, 7) is 10.3. The van der Waals surface area contributed by atoms with Crippen molar-refractivity contribution < 1.29 is 19.0 Å². The molecule has 9 heteroatoms. The fraction of sp³-hybridized carbons (Fsp3) is 0.550. The molecule has 1 unspecified atom stereocenters. The van der Waals surface area contributed by atoms with Crippen molar-refractivity contribution in [3.8, 4) is 17.2 Å². The number of primary amides is 1. The number of methoxy groups -OCH3 is 3. The van der Waals surface area contributed by atoms with Crippen LogP contribution in [0.5, 0.6) is 17.2 Å². The zero-order valence-corrected chi connectivity index (χ0v) is 18.2. The number of nitrogens with zero attached hydrogens (tertiary/aromatic N) is 2. The van der Waals surface area contributed by atoms with Crippen molar-refractivity contribution in [2.45, 2.75) is 52.7 Å². The number of fused-ring (bicyclic) bond motifs is 1. The van der Waals surface area contributed by atoms with Gasteiger partial charge in [-0.25, -0.2) is 4.98 Å². The molecule has 0 radical (unpaired) electrons. The summed E-state index contributed by atoms with van der Waals surface area (Å²) >= 11 is 0. The lowest BCUT2D eigenvalue weighted by atomic mass is 10.0. The Labute approximate surface area is 170 Å². The van der Waals surface area contributed by atoms with Gasteiger partial charge in [-0.15, -0.1) is 0 Å². The lowest BCUT2D eigenvalue weighted by Gasteiger charge is -2.35. The molecule has 0 aliphatic carbocycles. The van der Waals surface area contributed by atoms with Gasteiger partial charge in [0.1, 0.15) is 16.9 Å². The lowest BCUT2D eigenvalue weighted by molar-refractivity contribution is 0.0998. The first-order valence-corrected chi connectivity index (χ1v) is 9.43. The number of nitrogens with two attached hydrogens (primary N) is 1. The summed E-state index contributed by atoms with van der Waals surface area (Å²) in [5.74, 6) is 0.00304. The van der Waals surface area contributed by atoms with Gasteiger partial charge in [0.2, 0.25) is 5.75 Å². The second-order valence-corrected chi connectivity index (χ2v) is 7.32. The maximum atomic E-state index is 13.1. The van der Waals surface area contributed by atoms with Crippen molar-refractivity contribution in [3.05, 3.63) is 21.7 Å². The highest BCUT2D eigenvalue weighted by Gasteiger charge is 2.30. The quantitative estimate of drug-likeness (QED) is 0.690. The Balaban J connectivity index is 2.95. The van der Waals surface area contributed by atoms with Crippen LogP contribution in [0.2, 0.25) is 0 Å². The van der Waals surface area contributed by atoms with Crippen LogP contribution in [0.3, 0.4) is 0 Å². The molecule has 9 nitrogen and oxygen atoms in total. The van der Waals surface area contributed by atoms with E-state index < -0.39 is 11.5 Å². The van der Waals surface area contributed by atoms with E-state index in [1.54, 1.807) is 0 Å². The van der Waals surface area contributed by atoms with Gasteiger partial charge in [-0.1, -0.05) is 0 Å². The van der Waals surface area contributed by atoms with Crippen molar-refractivity contribution in [2.24, 2.45) is 5.73 Å². The minimum Gasteiger partial charge on any atom is -0.492 e. The maximum absolute atomic E-state index is 13.1. The fourth-order valence-corrected chi connectivity index (χ4v) is 3.96. The molecule has 1 aromatic heterocycles. The molecule has 0 bridgehead atoms. The van der Waals surface area contributed by atoms with E-state index in [2.05, 4.69) is 42.6 Å². The standard InChI is InChI=1S/C20H30N4O5/c1-9(2)24(10(3)4)11(5)19-22-14-12(20(26)23-19)13(18(21)25)15(27-6)17(29-8)16(14)28-7/h9-11H,1-8H3,(H2,21,25)(H,22,23,26). The van der Waals surface area contributed by atoms with Crippen LogP contribution in [0.25, 0.3) is 10.9 Å². The van der Waals surface area contributed by atoms with Crippen molar-refractivity contribution in [3.63, 3.8) is 0 Å². The van der Waals surface area contributed by atoms with Crippen molar-refractivity contribution in [1.29, 1.82) is 0 Å². The van der Waals surface area contributed by atoms with Crippen LogP contribution in [0.1, 0.15) is 56.8 Å². The van der Waals surface area contributed by atoms with Crippen LogP contribution in [-0.2, 0) is 0 Å². The molecule has 1 heterocycles. The van der Waals surface area contributed by atoms with Crippen LogP contribution in [-0.4, -0.2) is 54.2 Å². The molecular weight excluding hydrogens is 376 g/mol. The highest BCUT2D eigenvalue weighted by atomic mass is 16.5. The van der Waals surface area contributed by atoms with E-state index in [1.807, 2.05) is 6.92 Å². The number of hydrogen-bond acceptors (Lipinski definition) is 7. The SMILES string of the molecule is COc1c(OC)c(C(N)=O)c2c(=O)[nH]c(C(C)N(C(C)C)C(C)C)nc2c1OC. The smallest absolute Gasteiger partial charge is 0.259 e. The maximum Gasteiger partial charge on any atom is 0.259 e. The van der Waals surface area contributed by atoms with Crippen LogP contribution < -0.4 is 25.5 Å². The minimum absolute atomic E-state index is 0.00333. The molecule has 2 aromatic rings. The van der Waals surface area contributed by atoms with E-state index in [1.165, 1.54) is 21.3 Å². The van der Waals surface area contributed by atoms with Crippen LogP contribution in [0.15, 0.2) is 4.79 Å². The van der Waals surface area contributed by atoms with E-state index in [9.17, 15) is 9.59 Å². The van der Waals surface area contributed by atoms with Gasteiger partial charge in [-0.05, 0) is 34.6 Å². The Kier molecular flexibility index (Phi) is 6.73. The number of nitrogens with one attached hydrogen (secondary N) is 1. The van der Waals surface area contributed by atoms with Gasteiger partial charge >= 0.3 is 0 Å². The summed E-state index contributed by atoms with van der Waals surface area (Å²) in [7, 11) is 4.20. The number of benzene rings is 1. The van der Waals surface area contributed by atoms with Crippen LogP contribution in [0, 0.1) is 0 Å². The fourth-order valence-electron chi connectivity index (χ4n) is 3.96. The van der Waals surface area contributed by atoms with Crippen LogP contribution in [0.4, 0.5) is 0 Å². The molecule has 29 heavy (non-hydrogen) atoms. The minimum atomic E-state index is -0.827. The molecule has 0 saturated heterocycles. The third-order valence-corrected chi connectivity index (χ3v) is 4.94. The third-order valence-electron chi connectivity index (χ3n) is 4.94. The van der Waals surface area contributed by atoms with Gasteiger partial charge in [0.15, 0.2) is 11.5 Å². The molecule has 3 N–H and O–H groups in total. The lowest BCUT2D eigenvalue weighted by Crippen LogP contribution is -2.40. The monoisotopic (exact) mass is 406 g/mol. The molecule has 0 spiro atoms. The van der Waals surface area contributed by atoms with Crippen molar-refractivity contribution in [2.75, 3.05) is 21.3 Å². The number of carbonyl (C=O) groups is 1. The molecular formula is C20H30N4O5. The Morgan fingerprint density at radius 3 is 1.90 bits per heavy atom. The number of aromatic amines is 1. The van der Waals surface area contributed by atoms with Gasteiger partial charge in [-0.3, -0.25) is 14.5 Å². The normalized spacial score (nSPS) is 12.7. The number of aromatic nitrogens is 2. The number of amides is 1. The van der Waals surface area contributed by atoms with Crippen LogP contribution >= 0.6 is 0 Å². The number of ether oxygens (including phenoxy) is 3. The molecule has 1 aromatic carbocycles. The highest BCUT2D eigenvalue weighted by molar-refractivity contribution is 6.10. The van der Waals surface area contributed by atoms with Gasteiger partial charge in [0.05, 0.1) is 32.8 Å². The van der Waals surface area contributed by atoms with Gasteiger partial charge in [0.25, 0.3) is 11.5 Å². The van der Waals surface area contributed by atoms with E-state index in [0.717, 1.165) is 0 Å². The average molecular weight is 406 g/mol. The zero-order chi connectivity index (χ0) is 22.0. The second kappa shape index (κ2) is 8.69. The first kappa shape index (κ1) is 22.5. The molecule has 0 aliphatic rings.